The van der Waals surface area contributed by atoms with Crippen molar-refractivity contribution in [3.8, 4) is 0 Å². The van der Waals surface area contributed by atoms with Gasteiger partial charge < -0.3 is 0 Å². The third kappa shape index (κ3) is 1.93. The second-order valence-electron chi connectivity index (χ2n) is 3.78. The van der Waals surface area contributed by atoms with Gasteiger partial charge in [-0.1, -0.05) is 0 Å². The van der Waals surface area contributed by atoms with Crippen molar-refractivity contribution in [2.24, 2.45) is 0 Å². The van der Waals surface area contributed by atoms with Crippen molar-refractivity contribution >= 4 is 26.5 Å². The molecule has 0 radical (unpaired) electrons. The number of nitrogens with one attached hydrogen (secondary N) is 2. The standard InChI is InChI=1S/C9H10N4O2S2/c14-17(15,6-4-10-11-5-6)13-9-12-7-2-1-3-8(7)16-9/h4-5H,1-3H2,(H,10,11)(H,12,13). The summed E-state index contributed by atoms with van der Waals surface area (Å²) in [5, 5.41) is 6.53. The first-order chi connectivity index (χ1) is 8.15. The lowest BCUT2D eigenvalue weighted by Gasteiger charge is -2.01. The predicted molar refractivity (Wildman–Crippen MR) is 63.5 cm³/mol. The molecule has 0 saturated heterocycles. The average molecular weight is 270 g/mol. The van der Waals surface area contributed by atoms with Crippen LogP contribution in [-0.2, 0) is 22.9 Å². The summed E-state index contributed by atoms with van der Waals surface area (Å²) in [7, 11) is -3.55. The Kier molecular flexibility index (Phi) is 2.40. The Labute approximate surface area is 102 Å². The van der Waals surface area contributed by atoms with Crippen molar-refractivity contribution in [2.45, 2.75) is 24.2 Å². The van der Waals surface area contributed by atoms with Crippen LogP contribution in [0.15, 0.2) is 17.3 Å². The van der Waals surface area contributed by atoms with Crippen molar-refractivity contribution in [2.75, 3.05) is 4.72 Å². The van der Waals surface area contributed by atoms with Gasteiger partial charge in [0.25, 0.3) is 10.0 Å². The second-order valence-corrected chi connectivity index (χ2v) is 6.55. The summed E-state index contributed by atoms with van der Waals surface area (Å²) in [5.41, 5.74) is 1.03. The first-order valence-electron chi connectivity index (χ1n) is 5.15. The molecular weight excluding hydrogens is 260 g/mol. The highest BCUT2D eigenvalue weighted by molar-refractivity contribution is 7.93. The molecule has 0 aliphatic heterocycles. The van der Waals surface area contributed by atoms with Crippen LogP contribution in [0.5, 0.6) is 0 Å². The highest BCUT2D eigenvalue weighted by Gasteiger charge is 2.21. The van der Waals surface area contributed by atoms with E-state index in [9.17, 15) is 8.42 Å². The number of aryl methyl sites for hydroxylation is 2. The summed E-state index contributed by atoms with van der Waals surface area (Å²) in [6.45, 7) is 0. The predicted octanol–water partition coefficient (Wildman–Crippen LogP) is 1.16. The maximum atomic E-state index is 11.9. The first kappa shape index (κ1) is 10.7. The van der Waals surface area contributed by atoms with Gasteiger partial charge in [0.1, 0.15) is 4.90 Å². The molecule has 0 amide bonds. The summed E-state index contributed by atoms with van der Waals surface area (Å²) in [6, 6.07) is 0. The van der Waals surface area contributed by atoms with Crippen LogP contribution in [0.3, 0.4) is 0 Å². The van der Waals surface area contributed by atoms with Gasteiger partial charge in [0.15, 0.2) is 5.13 Å². The third-order valence-electron chi connectivity index (χ3n) is 2.60. The smallest absolute Gasteiger partial charge is 0.266 e. The van der Waals surface area contributed by atoms with Crippen molar-refractivity contribution < 1.29 is 8.42 Å². The van der Waals surface area contributed by atoms with Crippen molar-refractivity contribution in [1.82, 2.24) is 15.2 Å². The molecule has 8 heteroatoms. The van der Waals surface area contributed by atoms with Gasteiger partial charge in [-0.3, -0.25) is 9.82 Å². The monoisotopic (exact) mass is 270 g/mol. The molecule has 1 aliphatic rings. The Balaban J connectivity index is 1.87. The van der Waals surface area contributed by atoms with E-state index < -0.39 is 10.0 Å². The number of thiazole rings is 1. The van der Waals surface area contributed by atoms with E-state index in [4.69, 9.17) is 0 Å². The summed E-state index contributed by atoms with van der Waals surface area (Å²) >= 11 is 1.41. The van der Waals surface area contributed by atoms with E-state index in [1.807, 2.05) is 0 Å². The Morgan fingerprint density at radius 1 is 1.41 bits per heavy atom. The zero-order valence-electron chi connectivity index (χ0n) is 8.80. The maximum absolute atomic E-state index is 11.9. The molecule has 6 nitrogen and oxygen atoms in total. The molecule has 0 saturated carbocycles. The van der Waals surface area contributed by atoms with Gasteiger partial charge >= 0.3 is 0 Å². The molecule has 0 unspecified atom stereocenters. The van der Waals surface area contributed by atoms with Gasteiger partial charge in [-0.25, -0.2) is 13.4 Å². The number of aromatic amines is 1. The van der Waals surface area contributed by atoms with E-state index >= 15 is 0 Å². The zero-order valence-corrected chi connectivity index (χ0v) is 10.4. The van der Waals surface area contributed by atoms with Crippen LogP contribution in [0.4, 0.5) is 5.13 Å². The Morgan fingerprint density at radius 2 is 2.29 bits per heavy atom. The average Bonchev–Trinajstić information content (AvgIpc) is 2.90. The lowest BCUT2D eigenvalue weighted by Crippen LogP contribution is -2.12. The molecule has 2 heterocycles. The fourth-order valence-corrected chi connectivity index (χ4v) is 3.98. The van der Waals surface area contributed by atoms with E-state index in [-0.39, 0.29) is 4.90 Å². The minimum atomic E-state index is -3.55. The van der Waals surface area contributed by atoms with Gasteiger partial charge in [0.2, 0.25) is 0 Å². The van der Waals surface area contributed by atoms with Crippen LogP contribution in [0, 0.1) is 0 Å². The molecule has 2 aromatic rings. The van der Waals surface area contributed by atoms with Crippen LogP contribution >= 0.6 is 11.3 Å². The van der Waals surface area contributed by atoms with Gasteiger partial charge in [-0.15, -0.1) is 11.3 Å². The highest BCUT2D eigenvalue weighted by Crippen LogP contribution is 2.31. The number of hydrogen-bond donors (Lipinski definition) is 2. The SMILES string of the molecule is O=S(=O)(Nc1nc2c(s1)CCC2)c1cn[nH]c1. The van der Waals surface area contributed by atoms with Gasteiger partial charge in [-0.05, 0) is 19.3 Å². The molecule has 90 valence electrons. The Hall–Kier alpha value is -1.41. The topological polar surface area (TPSA) is 87.7 Å². The van der Waals surface area contributed by atoms with Crippen molar-refractivity contribution in [3.05, 3.63) is 23.0 Å². The maximum Gasteiger partial charge on any atom is 0.266 e. The lowest BCUT2D eigenvalue weighted by molar-refractivity contribution is 0.601. The molecule has 17 heavy (non-hydrogen) atoms. The van der Waals surface area contributed by atoms with E-state index in [1.165, 1.54) is 28.6 Å². The van der Waals surface area contributed by atoms with Crippen molar-refractivity contribution in [3.63, 3.8) is 0 Å². The van der Waals surface area contributed by atoms with Gasteiger partial charge in [0, 0.05) is 11.1 Å². The number of rotatable bonds is 3. The molecule has 0 bridgehead atoms. The van der Waals surface area contributed by atoms with Crippen molar-refractivity contribution in [1.29, 1.82) is 0 Å². The van der Waals surface area contributed by atoms with Crippen LogP contribution in [0.25, 0.3) is 0 Å². The van der Waals surface area contributed by atoms with E-state index in [1.54, 1.807) is 0 Å². The largest absolute Gasteiger partial charge is 0.284 e. The number of hydrogen-bond acceptors (Lipinski definition) is 5. The molecule has 2 aromatic heterocycles. The third-order valence-corrected chi connectivity index (χ3v) is 5.11. The molecule has 3 rings (SSSR count). The molecule has 0 spiro atoms. The minimum Gasteiger partial charge on any atom is -0.284 e. The van der Waals surface area contributed by atoms with Crippen LogP contribution in [0.1, 0.15) is 17.0 Å². The zero-order chi connectivity index (χ0) is 11.9. The number of sulfonamides is 1. The number of nitrogens with zero attached hydrogens (tertiary/aromatic N) is 2. The summed E-state index contributed by atoms with van der Waals surface area (Å²) < 4.78 is 26.2. The van der Waals surface area contributed by atoms with Crippen LogP contribution in [0.2, 0.25) is 0 Å². The van der Waals surface area contributed by atoms with E-state index in [0.29, 0.717) is 5.13 Å². The number of fused-ring (bicyclic) bond motifs is 1. The summed E-state index contributed by atoms with van der Waals surface area (Å²) in [6.07, 6.45) is 5.66. The van der Waals surface area contributed by atoms with E-state index in [0.717, 1.165) is 25.0 Å². The highest BCUT2D eigenvalue weighted by atomic mass is 32.2. The summed E-state index contributed by atoms with van der Waals surface area (Å²) in [4.78, 5) is 5.59. The number of aromatic nitrogens is 3. The fraction of sp³-hybridized carbons (Fsp3) is 0.333. The first-order valence-corrected chi connectivity index (χ1v) is 7.45. The lowest BCUT2D eigenvalue weighted by atomic mass is 10.4. The number of H-pyrrole nitrogens is 1. The fourth-order valence-electron chi connectivity index (χ4n) is 1.79. The molecule has 0 atom stereocenters. The molecule has 0 fully saturated rings. The van der Waals surface area contributed by atoms with Gasteiger partial charge in [0.05, 0.1) is 11.9 Å². The summed E-state index contributed by atoms with van der Waals surface area (Å²) in [5.74, 6) is 0. The number of anilines is 1. The normalized spacial score (nSPS) is 14.8. The van der Waals surface area contributed by atoms with Crippen LogP contribution < -0.4 is 4.72 Å². The minimum absolute atomic E-state index is 0.118. The molecule has 1 aliphatic carbocycles. The van der Waals surface area contributed by atoms with E-state index in [2.05, 4.69) is 19.9 Å². The van der Waals surface area contributed by atoms with Gasteiger partial charge in [-0.2, -0.15) is 5.10 Å². The molecule has 2 N–H and O–H groups in total. The second kappa shape index (κ2) is 3.81. The molecular formula is C9H10N4O2S2. The quantitative estimate of drug-likeness (QED) is 0.876. The Bertz CT molecular complexity index is 609. The van der Waals surface area contributed by atoms with Crippen LogP contribution in [-0.4, -0.2) is 23.6 Å². The Morgan fingerprint density at radius 3 is 3.00 bits per heavy atom. The molecule has 0 aromatic carbocycles.